The van der Waals surface area contributed by atoms with Gasteiger partial charge in [0, 0.05) is 0 Å². The summed E-state index contributed by atoms with van der Waals surface area (Å²) in [6, 6.07) is 5.29. The average molecular weight is 242 g/mol. The second-order valence-corrected chi connectivity index (χ2v) is 2.68. The number of hydrogen-bond donors (Lipinski definition) is 0. The normalized spacial score (nSPS) is 8.29. The first kappa shape index (κ1) is 18.6. The number of rotatable bonds is 2. The summed E-state index contributed by atoms with van der Waals surface area (Å²) in [5.41, 5.74) is 1.89. The minimum absolute atomic E-state index is 0. The molecule has 1 aromatic carbocycles. The fourth-order valence-corrected chi connectivity index (χ4v) is 1.04. The van der Waals surface area contributed by atoms with E-state index in [9.17, 15) is 10.0 Å². The zero-order valence-electron chi connectivity index (χ0n) is 9.03. The molecule has 0 aliphatic carbocycles. The minimum Gasteiger partial charge on any atom is -0.860 e. The third-order valence-corrected chi connectivity index (χ3v) is 1.55. The molecule has 0 atom stereocenters. The van der Waals surface area contributed by atoms with Gasteiger partial charge in [-0.2, -0.15) is 0 Å². The van der Waals surface area contributed by atoms with Gasteiger partial charge in [-0.05, 0) is 25.5 Å². The van der Waals surface area contributed by atoms with Crippen LogP contribution in [-0.2, 0) is 0 Å². The summed E-state index contributed by atoms with van der Waals surface area (Å²) in [6.07, 6.45) is 0. The fourth-order valence-electron chi connectivity index (χ4n) is 1.04. The van der Waals surface area contributed by atoms with Crippen molar-refractivity contribution in [2.75, 3.05) is 0 Å². The van der Waals surface area contributed by atoms with Crippen molar-refractivity contribution in [1.29, 1.82) is 0 Å². The Morgan fingerprint density at radius 1 is 1.14 bits per heavy atom. The van der Waals surface area contributed by atoms with Crippen molar-refractivity contribution in [3.05, 3.63) is 29.3 Å². The molecule has 1 rings (SSSR count). The molecule has 0 unspecified atom stereocenters. The molecular weight excluding hydrogens is 233 g/mol. The quantitative estimate of drug-likeness (QED) is 0.484. The smallest absolute Gasteiger partial charge is 0.860 e. The van der Waals surface area contributed by atoms with E-state index in [-0.39, 0.29) is 103 Å². The van der Waals surface area contributed by atoms with Gasteiger partial charge in [-0.3, -0.25) is 0 Å². The maximum atomic E-state index is 10.2. The van der Waals surface area contributed by atoms with E-state index >= 15 is 0 Å². The topological polar surface area (TPSA) is 55.3 Å². The zero-order valence-corrected chi connectivity index (χ0v) is 15.3. The molecule has 0 radical (unpaired) electrons. The van der Waals surface area contributed by atoms with Crippen molar-refractivity contribution in [2.45, 2.75) is 13.8 Å². The van der Waals surface area contributed by atoms with E-state index < -0.39 is 7.32 Å². The van der Waals surface area contributed by atoms with E-state index in [2.05, 4.69) is 4.65 Å². The number of hydrogen-bond acceptors (Lipinski definition) is 3. The Labute approximate surface area is 170 Å². The molecule has 0 fully saturated rings. The Kier molecular flexibility index (Phi) is 12.4. The van der Waals surface area contributed by atoms with Crippen molar-refractivity contribution in [3.63, 3.8) is 0 Å². The molecule has 0 spiro atoms. The van der Waals surface area contributed by atoms with E-state index in [1.54, 1.807) is 19.1 Å². The van der Waals surface area contributed by atoms with Crippen LogP contribution >= 0.6 is 0 Å². The Bertz CT molecular complexity index is 281. The van der Waals surface area contributed by atoms with Crippen molar-refractivity contribution in [3.8, 4) is 5.75 Å². The number of benzene rings is 1. The molecule has 0 saturated carbocycles. The van der Waals surface area contributed by atoms with Gasteiger partial charge in [-0.1, -0.05) is 17.7 Å². The molecule has 0 aliphatic heterocycles. The predicted molar refractivity (Wildman–Crippen MR) is 42.3 cm³/mol. The van der Waals surface area contributed by atoms with Gasteiger partial charge in [0.1, 0.15) is 7.32 Å². The van der Waals surface area contributed by atoms with E-state index in [1.165, 1.54) is 0 Å². The van der Waals surface area contributed by atoms with Crippen LogP contribution < -0.4 is 117 Å². The summed E-state index contributed by atoms with van der Waals surface area (Å²) in [5.74, 6) is 0.371. The molecule has 0 heterocycles. The second kappa shape index (κ2) is 9.32. The van der Waals surface area contributed by atoms with Crippen LogP contribution in [0.5, 0.6) is 5.75 Å². The summed E-state index contributed by atoms with van der Waals surface area (Å²) >= 11 is 0. The average Bonchev–Trinajstić information content (AvgIpc) is 1.94. The minimum atomic E-state index is -2.24. The summed E-state index contributed by atoms with van der Waals surface area (Å²) in [7, 11) is -2.24. The van der Waals surface area contributed by atoms with Crippen LogP contribution in [0.1, 0.15) is 11.1 Å². The van der Waals surface area contributed by atoms with Crippen molar-refractivity contribution in [1.82, 2.24) is 0 Å². The van der Waals surface area contributed by atoms with Gasteiger partial charge in [0.25, 0.3) is 0 Å². The molecule has 3 nitrogen and oxygen atoms in total. The first-order valence-corrected chi connectivity index (χ1v) is 3.65. The summed E-state index contributed by atoms with van der Waals surface area (Å²) in [4.78, 5) is 0. The first-order valence-electron chi connectivity index (χ1n) is 3.65. The second-order valence-electron chi connectivity index (χ2n) is 2.68. The fraction of sp³-hybridized carbons (Fsp3) is 0.250. The van der Waals surface area contributed by atoms with E-state index in [0.29, 0.717) is 5.75 Å². The van der Waals surface area contributed by atoms with Crippen LogP contribution in [0.15, 0.2) is 18.2 Å². The first-order chi connectivity index (χ1) is 5.59. The van der Waals surface area contributed by atoms with Gasteiger partial charge >= 0.3 is 103 Å². The summed E-state index contributed by atoms with van der Waals surface area (Å²) in [6.45, 7) is 3.73. The molecule has 6 heteroatoms. The molecule has 0 aliphatic rings. The van der Waals surface area contributed by atoms with Crippen LogP contribution in [0.3, 0.4) is 0 Å². The predicted octanol–water partition coefficient (Wildman–Crippen LogP) is -6.60. The SMILES string of the molecule is Cc1ccc(OB([O-])[O-])c(C)c1.[K+].[K+]. The number of aryl methyl sites for hydroxylation is 2. The molecule has 14 heavy (non-hydrogen) atoms. The largest absolute Gasteiger partial charge is 1.00 e. The van der Waals surface area contributed by atoms with Crippen LogP contribution in [0.2, 0.25) is 0 Å². The van der Waals surface area contributed by atoms with Gasteiger partial charge in [0.2, 0.25) is 0 Å². The van der Waals surface area contributed by atoms with Crippen molar-refractivity contribution < 1.29 is 117 Å². The summed E-state index contributed by atoms with van der Waals surface area (Å²) < 4.78 is 4.49. The molecule has 0 N–H and O–H groups in total. The van der Waals surface area contributed by atoms with E-state index in [1.807, 2.05) is 13.0 Å². The molecule has 0 aromatic heterocycles. The molecule has 0 amide bonds. The van der Waals surface area contributed by atoms with Gasteiger partial charge in [0.15, 0.2) is 0 Å². The van der Waals surface area contributed by atoms with Gasteiger partial charge in [-0.15, -0.1) is 0 Å². The van der Waals surface area contributed by atoms with Gasteiger partial charge in [0.05, 0.1) is 5.75 Å². The monoisotopic (exact) mass is 242 g/mol. The zero-order chi connectivity index (χ0) is 9.14. The third-order valence-electron chi connectivity index (χ3n) is 1.55. The Balaban J connectivity index is 0. The Morgan fingerprint density at radius 2 is 1.71 bits per heavy atom. The van der Waals surface area contributed by atoms with Crippen molar-refractivity contribution >= 4 is 7.32 Å². The van der Waals surface area contributed by atoms with E-state index in [4.69, 9.17) is 0 Å². The maximum absolute atomic E-state index is 10.2. The van der Waals surface area contributed by atoms with Gasteiger partial charge in [-0.25, -0.2) is 0 Å². The molecule has 0 bridgehead atoms. The molecule has 1 aromatic rings. The van der Waals surface area contributed by atoms with E-state index in [0.717, 1.165) is 11.1 Å². The molecular formula is C8H9BK2O3. The Hall–Kier alpha value is 2.28. The molecule has 64 valence electrons. The van der Waals surface area contributed by atoms with Crippen molar-refractivity contribution in [2.24, 2.45) is 0 Å². The standard InChI is InChI=1S/C8H9BO3.2K/c1-6-3-4-8(7(2)5-6)12-9(10)11;;/h3-5H,1-2H3;;/q-2;2*+1. The van der Waals surface area contributed by atoms with Crippen LogP contribution in [0.4, 0.5) is 0 Å². The Morgan fingerprint density at radius 3 is 2.14 bits per heavy atom. The van der Waals surface area contributed by atoms with Gasteiger partial charge < -0.3 is 14.7 Å². The summed E-state index contributed by atoms with van der Waals surface area (Å²) in [5, 5.41) is 20.3. The maximum Gasteiger partial charge on any atom is 1.00 e. The van der Waals surface area contributed by atoms with Crippen LogP contribution in [0.25, 0.3) is 0 Å². The van der Waals surface area contributed by atoms with Crippen LogP contribution in [-0.4, -0.2) is 7.32 Å². The molecule has 0 saturated heterocycles. The third kappa shape index (κ3) is 6.77. The van der Waals surface area contributed by atoms with Crippen LogP contribution in [0, 0.1) is 13.8 Å².